The van der Waals surface area contributed by atoms with E-state index in [0.29, 0.717) is 30.6 Å². The zero-order chi connectivity index (χ0) is 25.1. The van der Waals surface area contributed by atoms with E-state index in [2.05, 4.69) is 48.5 Å². The van der Waals surface area contributed by atoms with Gasteiger partial charge in [-0.05, 0) is 115 Å². The highest BCUT2D eigenvalue weighted by atomic mass is 16.4. The molecule has 5 aliphatic carbocycles. The van der Waals surface area contributed by atoms with Gasteiger partial charge in [-0.15, -0.1) is 0 Å². The van der Waals surface area contributed by atoms with Gasteiger partial charge < -0.3 is 15.3 Å². The molecule has 5 fully saturated rings. The quantitative estimate of drug-likeness (QED) is 0.418. The summed E-state index contributed by atoms with van der Waals surface area (Å²) in [6, 6.07) is 0. The van der Waals surface area contributed by atoms with Crippen molar-refractivity contribution in [3.8, 4) is 0 Å². The molecule has 0 saturated heterocycles. The highest BCUT2D eigenvalue weighted by Crippen LogP contribution is 2.77. The van der Waals surface area contributed by atoms with Gasteiger partial charge in [-0.1, -0.05) is 48.5 Å². The van der Waals surface area contributed by atoms with E-state index in [4.69, 9.17) is 0 Å². The van der Waals surface area contributed by atoms with Gasteiger partial charge >= 0.3 is 5.97 Å². The number of carbonyl (C=O) groups is 1. The van der Waals surface area contributed by atoms with Crippen LogP contribution in [0.5, 0.6) is 0 Å². The minimum atomic E-state index is -0.764. The molecule has 5 rings (SSSR count). The molecular weight excluding hydrogens is 424 g/mol. The summed E-state index contributed by atoms with van der Waals surface area (Å²) in [6.45, 7) is 16.5. The molecule has 0 heterocycles. The van der Waals surface area contributed by atoms with E-state index in [9.17, 15) is 20.1 Å². The zero-order valence-corrected chi connectivity index (χ0v) is 22.8. The average molecular weight is 475 g/mol. The van der Waals surface area contributed by atoms with E-state index in [0.717, 1.165) is 32.1 Å². The molecule has 0 aromatic carbocycles. The number of hydrogen-bond acceptors (Lipinski definition) is 3. The van der Waals surface area contributed by atoms with Crippen LogP contribution < -0.4 is 0 Å². The smallest absolute Gasteiger partial charge is 0.310 e. The van der Waals surface area contributed by atoms with E-state index < -0.39 is 17.5 Å². The number of fused-ring (bicyclic) bond motifs is 7. The van der Waals surface area contributed by atoms with Gasteiger partial charge in [0.1, 0.15) is 0 Å². The van der Waals surface area contributed by atoms with Gasteiger partial charge in [-0.25, -0.2) is 0 Å². The van der Waals surface area contributed by atoms with Gasteiger partial charge in [0.2, 0.25) is 0 Å². The van der Waals surface area contributed by atoms with Crippen LogP contribution in [0.25, 0.3) is 0 Å². The third-order valence-electron chi connectivity index (χ3n) is 13.8. The normalized spacial score (nSPS) is 55.8. The predicted octanol–water partition coefficient (Wildman–Crippen LogP) is 6.28. The van der Waals surface area contributed by atoms with Gasteiger partial charge in [-0.2, -0.15) is 0 Å². The maximum absolute atomic E-state index is 12.8. The van der Waals surface area contributed by atoms with E-state index in [1.54, 1.807) is 0 Å². The molecule has 1 unspecified atom stereocenters. The lowest BCUT2D eigenvalue weighted by Crippen LogP contribution is -2.68. The second-order valence-electron chi connectivity index (χ2n) is 15.5. The Bertz CT molecular complexity index is 864. The van der Waals surface area contributed by atoms with Crippen LogP contribution in [-0.4, -0.2) is 33.5 Å². The molecule has 4 nitrogen and oxygen atoms in total. The van der Waals surface area contributed by atoms with Crippen LogP contribution >= 0.6 is 0 Å². The topological polar surface area (TPSA) is 77.8 Å². The fraction of sp³-hybridized carbons (Fsp3) is 0.967. The Morgan fingerprint density at radius 2 is 1.35 bits per heavy atom. The fourth-order valence-corrected chi connectivity index (χ4v) is 11.4. The molecular formula is C30H50O4. The molecule has 0 aromatic rings. The number of carboxylic acid groups (broad SMARTS) is 1. The van der Waals surface area contributed by atoms with Crippen molar-refractivity contribution in [3.05, 3.63) is 0 Å². The molecule has 0 bridgehead atoms. The molecule has 0 radical (unpaired) electrons. The Morgan fingerprint density at radius 3 is 2.00 bits per heavy atom. The van der Waals surface area contributed by atoms with Gasteiger partial charge in [0.05, 0.1) is 17.6 Å². The number of hydrogen-bond donors (Lipinski definition) is 3. The van der Waals surface area contributed by atoms with Crippen molar-refractivity contribution in [2.24, 2.45) is 56.2 Å². The molecule has 5 aliphatic rings. The summed E-state index contributed by atoms with van der Waals surface area (Å²) in [5.41, 5.74) is -0.461. The maximum Gasteiger partial charge on any atom is 0.310 e. The van der Waals surface area contributed by atoms with E-state index in [-0.39, 0.29) is 39.1 Å². The first-order valence-corrected chi connectivity index (χ1v) is 14.2. The Balaban J connectivity index is 1.55. The lowest BCUT2D eigenvalue weighted by Gasteiger charge is -2.73. The third-order valence-corrected chi connectivity index (χ3v) is 13.8. The second kappa shape index (κ2) is 7.24. The van der Waals surface area contributed by atoms with Crippen LogP contribution in [0.2, 0.25) is 0 Å². The van der Waals surface area contributed by atoms with Crippen molar-refractivity contribution in [2.45, 2.75) is 125 Å². The summed E-state index contributed by atoms with van der Waals surface area (Å²) in [7, 11) is 0. The number of aliphatic hydroxyl groups excluding tert-OH is 2. The maximum atomic E-state index is 12.8. The minimum absolute atomic E-state index is 0.0410. The standard InChI is InChI=1S/C30H50O4/c1-25(2)16-19-18-8-9-21-27(5)12-11-22(31)26(3,4)20(27)10-13-29(21,7)28(18,6)14-15-30(19,24(33)34)17-23(25)32/h18-23,31-32H,8-17H2,1-7H3,(H,33,34)/t18-,19-,20?,21-,22+,23+,27+,28-,29-,30-/m1/s1. The molecule has 3 N–H and O–H groups in total. The van der Waals surface area contributed by atoms with Crippen molar-refractivity contribution in [2.75, 3.05) is 0 Å². The van der Waals surface area contributed by atoms with Crippen LogP contribution in [0.3, 0.4) is 0 Å². The molecule has 4 heteroatoms. The molecule has 34 heavy (non-hydrogen) atoms. The summed E-state index contributed by atoms with van der Waals surface area (Å²) in [6.07, 6.45) is 8.86. The third kappa shape index (κ3) is 2.88. The Hall–Kier alpha value is -0.610. The Kier molecular flexibility index (Phi) is 5.34. The zero-order valence-electron chi connectivity index (χ0n) is 22.8. The number of carboxylic acids is 1. The molecule has 5 saturated carbocycles. The van der Waals surface area contributed by atoms with Crippen LogP contribution in [0.1, 0.15) is 113 Å². The first-order chi connectivity index (χ1) is 15.6. The highest BCUT2D eigenvalue weighted by molar-refractivity contribution is 5.76. The fourth-order valence-electron chi connectivity index (χ4n) is 11.4. The second-order valence-corrected chi connectivity index (χ2v) is 15.5. The first-order valence-electron chi connectivity index (χ1n) is 14.2. The average Bonchev–Trinajstić information content (AvgIpc) is 2.72. The SMILES string of the molecule is CC1(C)C[C@@H]2[C@H]3CC[C@@H]4[C@@]5(C)CC[C@H](O)C(C)(C)C5CC[C@@]4(C)[C@]3(C)CC[C@@]2(C(=O)O)C[C@@H]1O. The van der Waals surface area contributed by atoms with E-state index in [1.807, 2.05) is 0 Å². The van der Waals surface area contributed by atoms with Gasteiger partial charge in [0.15, 0.2) is 0 Å². The van der Waals surface area contributed by atoms with Crippen molar-refractivity contribution in [3.63, 3.8) is 0 Å². The summed E-state index contributed by atoms with van der Waals surface area (Å²) >= 11 is 0. The van der Waals surface area contributed by atoms with Crippen molar-refractivity contribution < 1.29 is 20.1 Å². The number of aliphatic carboxylic acids is 1. The van der Waals surface area contributed by atoms with Crippen LogP contribution in [0.4, 0.5) is 0 Å². The monoisotopic (exact) mass is 474 g/mol. The molecule has 0 spiro atoms. The highest BCUT2D eigenvalue weighted by Gasteiger charge is 2.71. The van der Waals surface area contributed by atoms with Crippen LogP contribution in [-0.2, 0) is 4.79 Å². The van der Waals surface area contributed by atoms with Gasteiger partial charge in [-0.3, -0.25) is 4.79 Å². The van der Waals surface area contributed by atoms with Gasteiger partial charge in [0, 0.05) is 0 Å². The summed E-state index contributed by atoms with van der Waals surface area (Å²) in [4.78, 5) is 12.8. The lowest BCUT2D eigenvalue weighted by molar-refractivity contribution is -0.260. The molecule has 0 aromatic heterocycles. The van der Waals surface area contributed by atoms with Crippen LogP contribution in [0, 0.1) is 56.2 Å². The summed E-state index contributed by atoms with van der Waals surface area (Å²) in [5.74, 6) is 1.07. The number of rotatable bonds is 1. The Labute approximate surface area is 207 Å². The molecule has 10 atom stereocenters. The van der Waals surface area contributed by atoms with Gasteiger partial charge in [0.25, 0.3) is 0 Å². The molecule has 0 amide bonds. The largest absolute Gasteiger partial charge is 0.481 e. The molecule has 194 valence electrons. The molecule has 0 aliphatic heterocycles. The van der Waals surface area contributed by atoms with Crippen molar-refractivity contribution in [1.82, 2.24) is 0 Å². The van der Waals surface area contributed by atoms with E-state index in [1.165, 1.54) is 19.3 Å². The van der Waals surface area contributed by atoms with Crippen molar-refractivity contribution >= 4 is 5.97 Å². The minimum Gasteiger partial charge on any atom is -0.481 e. The van der Waals surface area contributed by atoms with E-state index >= 15 is 0 Å². The Morgan fingerprint density at radius 1 is 0.676 bits per heavy atom. The summed E-state index contributed by atoms with van der Waals surface area (Å²) in [5, 5.41) is 32.4. The lowest BCUT2D eigenvalue weighted by atomic mass is 9.31. The van der Waals surface area contributed by atoms with Crippen LogP contribution in [0.15, 0.2) is 0 Å². The first kappa shape index (κ1) is 25.1. The predicted molar refractivity (Wildman–Crippen MR) is 134 cm³/mol. The summed E-state index contributed by atoms with van der Waals surface area (Å²) < 4.78 is 0. The number of aliphatic hydroxyl groups is 2. The van der Waals surface area contributed by atoms with Crippen molar-refractivity contribution in [1.29, 1.82) is 0 Å².